The van der Waals surface area contributed by atoms with Crippen LogP contribution >= 0.6 is 0 Å². The third kappa shape index (κ3) is 2.41. The Morgan fingerprint density at radius 3 is 2.30 bits per heavy atom. The molecule has 1 aliphatic heterocycles. The first kappa shape index (κ1) is 13.1. The number of rotatable bonds is 3. The molecule has 0 unspecified atom stereocenters. The lowest BCUT2D eigenvalue weighted by Crippen LogP contribution is -2.45. The highest BCUT2D eigenvalue weighted by atomic mass is 16.3. The lowest BCUT2D eigenvalue weighted by Gasteiger charge is -2.41. The summed E-state index contributed by atoms with van der Waals surface area (Å²) in [5.74, 6) is 1.03. The molecule has 0 amide bonds. The van der Waals surface area contributed by atoms with Crippen LogP contribution in [0.1, 0.15) is 18.4 Å². The summed E-state index contributed by atoms with van der Waals surface area (Å²) in [6.45, 7) is 2.09. The maximum atomic E-state index is 9.92. The SMILES string of the molecule is OCC1(c2ccccc2)CCN(c2ccccn2)CC1. The number of aliphatic hydroxyl groups is 1. The second-order valence-corrected chi connectivity index (χ2v) is 5.48. The summed E-state index contributed by atoms with van der Waals surface area (Å²) in [7, 11) is 0. The fourth-order valence-electron chi connectivity index (χ4n) is 3.03. The Balaban J connectivity index is 1.77. The topological polar surface area (TPSA) is 36.4 Å². The highest BCUT2D eigenvalue weighted by molar-refractivity contribution is 5.40. The zero-order chi connectivity index (χ0) is 13.8. The molecule has 1 aromatic heterocycles. The van der Waals surface area contributed by atoms with Gasteiger partial charge in [0.25, 0.3) is 0 Å². The predicted molar refractivity (Wildman–Crippen MR) is 80.9 cm³/mol. The molecular weight excluding hydrogens is 248 g/mol. The number of hydrogen-bond donors (Lipinski definition) is 1. The van der Waals surface area contributed by atoms with Crippen LogP contribution in [0.5, 0.6) is 0 Å². The van der Waals surface area contributed by atoms with E-state index in [1.165, 1.54) is 5.56 Å². The van der Waals surface area contributed by atoms with Crippen molar-refractivity contribution in [1.29, 1.82) is 0 Å². The third-order valence-electron chi connectivity index (χ3n) is 4.38. The first-order valence-electron chi connectivity index (χ1n) is 7.16. The van der Waals surface area contributed by atoms with E-state index >= 15 is 0 Å². The summed E-state index contributed by atoms with van der Waals surface area (Å²) in [5.41, 5.74) is 1.16. The van der Waals surface area contributed by atoms with Crippen molar-refractivity contribution in [1.82, 2.24) is 4.98 Å². The van der Waals surface area contributed by atoms with Crippen LogP contribution in [0.3, 0.4) is 0 Å². The largest absolute Gasteiger partial charge is 0.395 e. The van der Waals surface area contributed by atoms with Crippen molar-refractivity contribution in [3.8, 4) is 0 Å². The van der Waals surface area contributed by atoms with Gasteiger partial charge in [0.1, 0.15) is 5.82 Å². The minimum atomic E-state index is -0.0907. The quantitative estimate of drug-likeness (QED) is 0.929. The van der Waals surface area contributed by atoms with Crippen molar-refractivity contribution in [2.24, 2.45) is 0 Å². The summed E-state index contributed by atoms with van der Waals surface area (Å²) >= 11 is 0. The van der Waals surface area contributed by atoms with Gasteiger partial charge in [-0.3, -0.25) is 0 Å². The first-order valence-corrected chi connectivity index (χ1v) is 7.16. The predicted octanol–water partition coefficient (Wildman–Crippen LogP) is 2.61. The molecule has 1 aromatic carbocycles. The lowest BCUT2D eigenvalue weighted by atomic mass is 9.73. The molecule has 1 saturated heterocycles. The normalized spacial score (nSPS) is 17.9. The number of hydrogen-bond acceptors (Lipinski definition) is 3. The molecule has 3 heteroatoms. The van der Waals surface area contributed by atoms with Crippen LogP contribution in [-0.2, 0) is 5.41 Å². The van der Waals surface area contributed by atoms with Crippen LogP contribution in [0.2, 0.25) is 0 Å². The Bertz CT molecular complexity index is 533. The minimum absolute atomic E-state index is 0.0907. The molecular formula is C17H20N2O. The van der Waals surface area contributed by atoms with Gasteiger partial charge >= 0.3 is 0 Å². The second kappa shape index (κ2) is 5.63. The smallest absolute Gasteiger partial charge is 0.128 e. The Labute approximate surface area is 119 Å². The number of piperidine rings is 1. The molecule has 0 saturated carbocycles. The van der Waals surface area contributed by atoms with Crippen molar-refractivity contribution < 1.29 is 5.11 Å². The lowest BCUT2D eigenvalue weighted by molar-refractivity contribution is 0.165. The summed E-state index contributed by atoms with van der Waals surface area (Å²) < 4.78 is 0. The Hall–Kier alpha value is -1.87. The Morgan fingerprint density at radius 2 is 1.70 bits per heavy atom. The van der Waals surface area contributed by atoms with E-state index in [0.717, 1.165) is 31.7 Å². The third-order valence-corrected chi connectivity index (χ3v) is 4.38. The molecule has 0 atom stereocenters. The highest BCUT2D eigenvalue weighted by Crippen LogP contribution is 2.35. The molecule has 0 radical (unpaired) electrons. The van der Waals surface area contributed by atoms with E-state index in [2.05, 4.69) is 40.2 Å². The van der Waals surface area contributed by atoms with Gasteiger partial charge in [-0.05, 0) is 30.5 Å². The number of aliphatic hydroxyl groups excluding tert-OH is 1. The number of pyridine rings is 1. The summed E-state index contributed by atoms with van der Waals surface area (Å²) in [5, 5.41) is 9.92. The molecule has 3 rings (SSSR count). The van der Waals surface area contributed by atoms with Crippen LogP contribution in [0.15, 0.2) is 54.7 Å². The van der Waals surface area contributed by atoms with Crippen LogP contribution in [0.4, 0.5) is 5.82 Å². The molecule has 104 valence electrons. The van der Waals surface area contributed by atoms with Gasteiger partial charge in [-0.1, -0.05) is 36.4 Å². The van der Waals surface area contributed by atoms with Gasteiger partial charge in [0.15, 0.2) is 0 Å². The molecule has 1 aliphatic rings. The van der Waals surface area contributed by atoms with Crippen molar-refractivity contribution in [3.63, 3.8) is 0 Å². The molecule has 0 spiro atoms. The van der Waals surface area contributed by atoms with Crippen LogP contribution in [-0.4, -0.2) is 29.8 Å². The summed E-state index contributed by atoms with van der Waals surface area (Å²) in [6.07, 6.45) is 3.76. The molecule has 2 aromatic rings. The van der Waals surface area contributed by atoms with Gasteiger partial charge in [-0.15, -0.1) is 0 Å². The van der Waals surface area contributed by atoms with Crippen LogP contribution in [0, 0.1) is 0 Å². The van der Waals surface area contributed by atoms with Gasteiger partial charge in [0.2, 0.25) is 0 Å². The van der Waals surface area contributed by atoms with Crippen molar-refractivity contribution in [3.05, 3.63) is 60.3 Å². The average molecular weight is 268 g/mol. The Kier molecular flexibility index (Phi) is 3.70. The van der Waals surface area contributed by atoms with Crippen LogP contribution in [0.25, 0.3) is 0 Å². The average Bonchev–Trinajstić information content (AvgIpc) is 2.56. The van der Waals surface area contributed by atoms with E-state index in [1.807, 2.05) is 24.4 Å². The van der Waals surface area contributed by atoms with Crippen molar-refractivity contribution in [2.75, 3.05) is 24.6 Å². The molecule has 2 heterocycles. The van der Waals surface area contributed by atoms with E-state index in [1.54, 1.807) is 0 Å². The fourth-order valence-corrected chi connectivity index (χ4v) is 3.03. The second-order valence-electron chi connectivity index (χ2n) is 5.48. The highest BCUT2D eigenvalue weighted by Gasteiger charge is 2.35. The zero-order valence-corrected chi connectivity index (χ0v) is 11.6. The van der Waals surface area contributed by atoms with E-state index in [4.69, 9.17) is 0 Å². The molecule has 0 bridgehead atoms. The number of anilines is 1. The zero-order valence-electron chi connectivity index (χ0n) is 11.6. The maximum absolute atomic E-state index is 9.92. The standard InChI is InChI=1S/C17H20N2O/c20-14-17(15-6-2-1-3-7-15)9-12-19(13-10-17)16-8-4-5-11-18-16/h1-8,11,20H,9-10,12-14H2. The number of aromatic nitrogens is 1. The molecule has 3 nitrogen and oxygen atoms in total. The van der Waals surface area contributed by atoms with E-state index < -0.39 is 0 Å². The Morgan fingerprint density at radius 1 is 1.00 bits per heavy atom. The van der Waals surface area contributed by atoms with Crippen molar-refractivity contribution >= 4 is 5.82 Å². The van der Waals surface area contributed by atoms with Gasteiger partial charge in [-0.2, -0.15) is 0 Å². The van der Waals surface area contributed by atoms with Crippen molar-refractivity contribution in [2.45, 2.75) is 18.3 Å². The van der Waals surface area contributed by atoms with Crippen LogP contribution < -0.4 is 4.90 Å². The first-order chi connectivity index (χ1) is 9.84. The molecule has 1 N–H and O–H groups in total. The minimum Gasteiger partial charge on any atom is -0.395 e. The summed E-state index contributed by atoms with van der Waals surface area (Å²) in [6, 6.07) is 16.4. The summed E-state index contributed by atoms with van der Waals surface area (Å²) in [4.78, 5) is 6.71. The van der Waals surface area contributed by atoms with E-state index in [0.29, 0.717) is 0 Å². The maximum Gasteiger partial charge on any atom is 0.128 e. The number of nitrogens with zero attached hydrogens (tertiary/aromatic N) is 2. The molecule has 1 fully saturated rings. The van der Waals surface area contributed by atoms with Gasteiger partial charge in [0.05, 0.1) is 6.61 Å². The van der Waals surface area contributed by atoms with Gasteiger partial charge in [0, 0.05) is 24.7 Å². The number of benzene rings is 1. The van der Waals surface area contributed by atoms with E-state index in [9.17, 15) is 5.11 Å². The van der Waals surface area contributed by atoms with Gasteiger partial charge in [-0.25, -0.2) is 4.98 Å². The molecule has 20 heavy (non-hydrogen) atoms. The molecule has 0 aliphatic carbocycles. The van der Waals surface area contributed by atoms with E-state index in [-0.39, 0.29) is 12.0 Å². The monoisotopic (exact) mass is 268 g/mol. The fraction of sp³-hybridized carbons (Fsp3) is 0.353. The van der Waals surface area contributed by atoms with Gasteiger partial charge < -0.3 is 10.0 Å².